The Bertz CT molecular complexity index is 1850. The van der Waals surface area contributed by atoms with Crippen LogP contribution in [0.2, 0.25) is 0 Å². The summed E-state index contributed by atoms with van der Waals surface area (Å²) in [4.78, 5) is 51.0. The summed E-state index contributed by atoms with van der Waals surface area (Å²) in [5.41, 5.74) is 4.19. The van der Waals surface area contributed by atoms with E-state index in [0.717, 1.165) is 0 Å². The number of aliphatic hydroxyl groups excluding tert-OH is 1. The first-order valence-corrected chi connectivity index (χ1v) is 15.6. The Hall–Kier alpha value is -5.55. The predicted molar refractivity (Wildman–Crippen MR) is 182 cm³/mol. The molecule has 11 heteroatoms. The molecule has 1 atom stereocenters. The summed E-state index contributed by atoms with van der Waals surface area (Å²) in [7, 11) is 3.91. The fraction of sp³-hybridized carbons (Fsp3) is 0.263. The number of allylic oxidation sites excluding steroid dienone is 1. The Morgan fingerprint density at radius 2 is 1.55 bits per heavy atom. The molecule has 3 aromatic carbocycles. The van der Waals surface area contributed by atoms with Crippen molar-refractivity contribution in [2.24, 2.45) is 0 Å². The van der Waals surface area contributed by atoms with Gasteiger partial charge in [-0.05, 0) is 67.0 Å². The van der Waals surface area contributed by atoms with Gasteiger partial charge in [0.2, 0.25) is 0 Å². The van der Waals surface area contributed by atoms with Crippen LogP contribution in [0.15, 0.2) is 78.9 Å². The summed E-state index contributed by atoms with van der Waals surface area (Å²) in [5.74, 6) is -2.22. The molecule has 0 radical (unpaired) electrons. The smallest absolute Gasteiger partial charge is 0.341 e. The van der Waals surface area contributed by atoms with Gasteiger partial charge >= 0.3 is 11.9 Å². The number of benzene rings is 3. The lowest BCUT2D eigenvalue weighted by molar-refractivity contribution is -0.143. The average molecular weight is 671 g/mol. The van der Waals surface area contributed by atoms with Crippen molar-refractivity contribution in [3.63, 3.8) is 0 Å². The first-order valence-electron chi connectivity index (χ1n) is 15.6. The topological polar surface area (TPSA) is 133 Å². The van der Waals surface area contributed by atoms with Crippen molar-refractivity contribution in [1.82, 2.24) is 9.88 Å². The van der Waals surface area contributed by atoms with Crippen molar-refractivity contribution in [2.45, 2.75) is 45.4 Å². The van der Waals surface area contributed by atoms with Crippen molar-refractivity contribution >= 4 is 29.7 Å². The molecule has 0 aliphatic rings. The van der Waals surface area contributed by atoms with Crippen LogP contribution >= 0.6 is 0 Å². The Labute approximate surface area is 284 Å². The van der Waals surface area contributed by atoms with Gasteiger partial charge in [0.15, 0.2) is 5.78 Å². The highest BCUT2D eigenvalue weighted by Gasteiger charge is 2.29. The quantitative estimate of drug-likeness (QED) is 0.120. The number of nitrogens with one attached hydrogen (secondary N) is 1. The van der Waals surface area contributed by atoms with E-state index in [4.69, 9.17) is 9.47 Å². The molecule has 0 spiro atoms. The summed E-state index contributed by atoms with van der Waals surface area (Å²) < 4.78 is 30.7. The molecule has 49 heavy (non-hydrogen) atoms. The molecule has 4 aromatic rings. The second kappa shape index (κ2) is 16.5. The van der Waals surface area contributed by atoms with Crippen molar-refractivity contribution in [3.05, 3.63) is 107 Å². The molecule has 0 fully saturated rings. The number of esters is 2. The second-order valence-corrected chi connectivity index (χ2v) is 11.5. The van der Waals surface area contributed by atoms with Gasteiger partial charge in [-0.1, -0.05) is 48.5 Å². The van der Waals surface area contributed by atoms with Gasteiger partial charge in [-0.3, -0.25) is 14.4 Å². The molecule has 1 heterocycles. The number of aliphatic hydroxyl groups is 1. The van der Waals surface area contributed by atoms with E-state index in [0.29, 0.717) is 45.0 Å². The summed E-state index contributed by atoms with van der Waals surface area (Å²) in [6.45, 7) is 3.88. The molecule has 0 bridgehead atoms. The Balaban J connectivity index is 1.86. The zero-order chi connectivity index (χ0) is 35.7. The molecule has 1 aromatic heterocycles. The number of hydrogen-bond donors (Lipinski definition) is 2. The molecular weight excluding hydrogens is 631 g/mol. The highest BCUT2D eigenvalue weighted by molar-refractivity contribution is 6.07. The molecule has 0 aliphatic carbocycles. The number of methoxy groups -OCH3 is 3. The zero-order valence-electron chi connectivity index (χ0n) is 28.0. The van der Waals surface area contributed by atoms with Crippen LogP contribution in [-0.2, 0) is 25.6 Å². The average Bonchev–Trinajstić information content (AvgIpc) is 3.45. The van der Waals surface area contributed by atoms with Crippen molar-refractivity contribution in [3.8, 4) is 28.0 Å². The van der Waals surface area contributed by atoms with E-state index in [1.54, 1.807) is 36.4 Å². The number of ketones is 1. The van der Waals surface area contributed by atoms with E-state index < -0.39 is 35.6 Å². The maximum Gasteiger partial charge on any atom is 0.341 e. The van der Waals surface area contributed by atoms with Crippen LogP contribution in [0.5, 0.6) is 5.75 Å². The monoisotopic (exact) mass is 670 g/mol. The van der Waals surface area contributed by atoms with E-state index in [2.05, 4.69) is 10.1 Å². The first kappa shape index (κ1) is 36.3. The summed E-state index contributed by atoms with van der Waals surface area (Å²) in [6.07, 6.45) is 0.981. The van der Waals surface area contributed by atoms with Gasteiger partial charge in [0.1, 0.15) is 22.8 Å². The minimum atomic E-state index is -1.24. The van der Waals surface area contributed by atoms with Gasteiger partial charge in [-0.2, -0.15) is 0 Å². The number of carbonyl (C=O) groups excluding carboxylic acids is 4. The lowest BCUT2D eigenvalue weighted by Gasteiger charge is -2.17. The highest BCUT2D eigenvalue weighted by atomic mass is 19.1. The summed E-state index contributed by atoms with van der Waals surface area (Å²) in [5, 5.41) is 13.2. The van der Waals surface area contributed by atoms with Crippen LogP contribution in [0.25, 0.3) is 28.3 Å². The number of halogens is 1. The van der Waals surface area contributed by atoms with Crippen LogP contribution < -0.4 is 10.1 Å². The zero-order valence-corrected chi connectivity index (χ0v) is 28.0. The van der Waals surface area contributed by atoms with E-state index >= 15 is 0 Å². The Morgan fingerprint density at radius 1 is 0.878 bits per heavy atom. The van der Waals surface area contributed by atoms with E-state index in [1.807, 2.05) is 48.7 Å². The molecule has 0 saturated heterocycles. The molecular formula is C38H39FN2O8. The largest absolute Gasteiger partial charge is 0.496 e. The van der Waals surface area contributed by atoms with Crippen LogP contribution in [0.4, 0.5) is 4.39 Å². The lowest BCUT2D eigenvalue weighted by Crippen LogP contribution is -2.27. The van der Waals surface area contributed by atoms with Gasteiger partial charge in [-0.25, -0.2) is 9.18 Å². The fourth-order valence-corrected chi connectivity index (χ4v) is 5.54. The van der Waals surface area contributed by atoms with E-state index in [9.17, 15) is 28.7 Å². The van der Waals surface area contributed by atoms with Crippen molar-refractivity contribution in [1.29, 1.82) is 0 Å². The first-order chi connectivity index (χ1) is 23.5. The number of aromatic nitrogens is 1. The third kappa shape index (κ3) is 8.68. The summed E-state index contributed by atoms with van der Waals surface area (Å²) in [6, 6.07) is 19.7. The van der Waals surface area contributed by atoms with Gasteiger partial charge in [0.05, 0.1) is 39.5 Å². The van der Waals surface area contributed by atoms with Crippen LogP contribution in [0, 0.1) is 5.82 Å². The molecule has 256 valence electrons. The van der Waals surface area contributed by atoms with E-state index in [-0.39, 0.29) is 31.0 Å². The van der Waals surface area contributed by atoms with Crippen molar-refractivity contribution < 1.29 is 42.9 Å². The molecule has 1 amide bonds. The second-order valence-electron chi connectivity index (χ2n) is 11.5. The third-order valence-corrected chi connectivity index (χ3v) is 7.79. The predicted octanol–water partition coefficient (Wildman–Crippen LogP) is 6.16. The molecule has 0 unspecified atom stereocenters. The SMILES string of the molecule is COC(=O)C[C@H](O)CC(=O)/C=C/c1c(-c2ccc(F)cc2)c(-c2ccccc2)c(C(=O)NCc2ccc(C(=O)OC)c(OC)c2)n1C(C)C. The maximum absolute atomic E-state index is 14.3. The van der Waals surface area contributed by atoms with Gasteiger partial charge < -0.3 is 29.2 Å². The van der Waals surface area contributed by atoms with Gasteiger partial charge in [0.25, 0.3) is 5.91 Å². The molecule has 0 saturated carbocycles. The fourth-order valence-electron chi connectivity index (χ4n) is 5.54. The van der Waals surface area contributed by atoms with E-state index in [1.165, 1.54) is 39.5 Å². The van der Waals surface area contributed by atoms with Crippen LogP contribution in [0.1, 0.15) is 64.8 Å². The van der Waals surface area contributed by atoms with Crippen molar-refractivity contribution in [2.75, 3.05) is 21.3 Å². The van der Waals surface area contributed by atoms with Crippen LogP contribution in [-0.4, -0.2) is 60.7 Å². The molecule has 2 N–H and O–H groups in total. The number of nitrogens with zero attached hydrogens (tertiary/aromatic N) is 1. The summed E-state index contributed by atoms with van der Waals surface area (Å²) >= 11 is 0. The standard InChI is InChI=1S/C38H39FN2O8/c1-23(2)41-31(18-16-28(42)20-29(43)21-33(44)48-4)34(26-12-14-27(39)15-13-26)35(25-9-7-6-8-10-25)36(41)37(45)40-22-24-11-17-30(38(46)49-5)32(19-24)47-3/h6-19,23,29,43H,20-22H2,1-5H3,(H,40,45)/b18-16+/t29-/m1/s1. The van der Waals surface area contributed by atoms with Gasteiger partial charge in [0, 0.05) is 30.1 Å². The molecule has 4 rings (SSSR count). The number of ether oxygens (including phenoxy) is 3. The normalized spacial score (nSPS) is 11.8. The number of amides is 1. The van der Waals surface area contributed by atoms with Gasteiger partial charge in [-0.15, -0.1) is 0 Å². The molecule has 0 aliphatic heterocycles. The van der Waals surface area contributed by atoms with Crippen LogP contribution in [0.3, 0.4) is 0 Å². The molecule has 10 nitrogen and oxygen atoms in total. The number of carbonyl (C=O) groups is 4. The minimum absolute atomic E-state index is 0.0851. The maximum atomic E-state index is 14.3. The Morgan fingerprint density at radius 3 is 2.16 bits per heavy atom. The third-order valence-electron chi connectivity index (χ3n) is 7.79. The number of rotatable bonds is 14. The number of hydrogen-bond acceptors (Lipinski definition) is 8. The lowest BCUT2D eigenvalue weighted by atomic mass is 9.94. The minimum Gasteiger partial charge on any atom is -0.496 e. The highest BCUT2D eigenvalue weighted by Crippen LogP contribution is 2.42. The Kier molecular flexibility index (Phi) is 12.2.